The summed E-state index contributed by atoms with van der Waals surface area (Å²) >= 11 is 0. The van der Waals surface area contributed by atoms with Gasteiger partial charge in [-0.2, -0.15) is 17.4 Å². The van der Waals surface area contributed by atoms with Crippen molar-refractivity contribution in [2.75, 3.05) is 27.2 Å². The molecule has 2 amide bonds. The number of rotatable bonds is 16. The SMILES string of the molecule is CN(C)CC(=O)N[C@H](C(=O)N[C@@H](Cc1ccccc1)[C@H](O)CN(Cc1ccncc1)S(=O)(=O)NC1(C(=O)O)CCCC1)C(C)(C)C. The molecule has 2 aromatic rings. The van der Waals surface area contributed by atoms with E-state index in [9.17, 15) is 33.0 Å². The van der Waals surface area contributed by atoms with Gasteiger partial charge in [0.2, 0.25) is 11.8 Å². The maximum Gasteiger partial charge on any atom is 0.324 e. The van der Waals surface area contributed by atoms with Crippen LogP contribution in [0.5, 0.6) is 0 Å². The van der Waals surface area contributed by atoms with Gasteiger partial charge in [-0.25, -0.2) is 0 Å². The van der Waals surface area contributed by atoms with Crippen molar-refractivity contribution in [3.05, 3.63) is 66.0 Å². The molecule has 1 aromatic carbocycles. The van der Waals surface area contributed by atoms with Gasteiger partial charge in [0.15, 0.2) is 0 Å². The van der Waals surface area contributed by atoms with E-state index in [0.29, 0.717) is 18.4 Å². The number of hydrogen-bond donors (Lipinski definition) is 5. The third-order valence-electron chi connectivity index (χ3n) is 8.01. The van der Waals surface area contributed by atoms with Gasteiger partial charge in [0.25, 0.3) is 10.2 Å². The number of nitrogens with one attached hydrogen (secondary N) is 3. The van der Waals surface area contributed by atoms with Crippen LogP contribution in [0.4, 0.5) is 0 Å². The van der Waals surface area contributed by atoms with Gasteiger partial charge >= 0.3 is 5.97 Å². The summed E-state index contributed by atoms with van der Waals surface area (Å²) in [5, 5.41) is 27.3. The third-order valence-corrected chi connectivity index (χ3v) is 9.62. The summed E-state index contributed by atoms with van der Waals surface area (Å²) in [6, 6.07) is 10.5. The van der Waals surface area contributed by atoms with Crippen molar-refractivity contribution < 1.29 is 33.0 Å². The van der Waals surface area contributed by atoms with Crippen LogP contribution in [-0.4, -0.2) is 102 Å². The van der Waals surface area contributed by atoms with Crippen molar-refractivity contribution in [3.8, 4) is 0 Å². The number of likely N-dealkylation sites (N-methyl/N-ethyl adjacent to an activating group) is 1. The maximum absolute atomic E-state index is 13.9. The zero-order valence-electron chi connectivity index (χ0n) is 27.3. The summed E-state index contributed by atoms with van der Waals surface area (Å²) in [6.45, 7) is 4.87. The van der Waals surface area contributed by atoms with Crippen molar-refractivity contribution in [2.45, 2.75) is 83.1 Å². The number of aliphatic carboxylic acids is 1. The largest absolute Gasteiger partial charge is 0.480 e. The lowest BCUT2D eigenvalue weighted by Crippen LogP contribution is -2.60. The van der Waals surface area contributed by atoms with Crippen LogP contribution in [0.3, 0.4) is 0 Å². The van der Waals surface area contributed by atoms with E-state index in [0.717, 1.165) is 9.87 Å². The third kappa shape index (κ3) is 10.6. The normalized spacial score (nSPS) is 17.0. The highest BCUT2D eigenvalue weighted by molar-refractivity contribution is 7.87. The molecule has 5 N–H and O–H groups in total. The highest BCUT2D eigenvalue weighted by Gasteiger charge is 2.46. The summed E-state index contributed by atoms with van der Waals surface area (Å²) in [5.41, 5.74) is -0.985. The van der Waals surface area contributed by atoms with Gasteiger partial charge in [0.05, 0.1) is 18.7 Å². The molecule has 254 valence electrons. The molecule has 46 heavy (non-hydrogen) atoms. The summed E-state index contributed by atoms with van der Waals surface area (Å²) < 4.78 is 31.2. The molecule has 0 aliphatic heterocycles. The molecule has 0 spiro atoms. The van der Waals surface area contributed by atoms with Gasteiger partial charge in [0, 0.05) is 25.5 Å². The van der Waals surface area contributed by atoms with Crippen LogP contribution in [0.1, 0.15) is 57.6 Å². The topological polar surface area (TPSA) is 181 Å². The molecule has 1 fully saturated rings. The number of benzene rings is 1. The number of nitrogens with zero attached hydrogens (tertiary/aromatic N) is 3. The van der Waals surface area contributed by atoms with E-state index in [1.807, 2.05) is 51.1 Å². The molecule has 13 nitrogen and oxygen atoms in total. The summed E-state index contributed by atoms with van der Waals surface area (Å²) in [4.78, 5) is 44.3. The smallest absolute Gasteiger partial charge is 0.324 e. The second-order valence-electron chi connectivity index (χ2n) is 13.3. The van der Waals surface area contributed by atoms with Crippen LogP contribution >= 0.6 is 0 Å². The molecule has 3 rings (SSSR count). The summed E-state index contributed by atoms with van der Waals surface area (Å²) in [7, 11) is -0.977. The molecule has 1 aliphatic rings. The van der Waals surface area contributed by atoms with E-state index in [1.54, 1.807) is 31.1 Å². The van der Waals surface area contributed by atoms with Crippen molar-refractivity contribution in [1.29, 1.82) is 0 Å². The number of carboxylic acids is 1. The fraction of sp³-hybridized carbons (Fsp3) is 0.562. The van der Waals surface area contributed by atoms with Crippen LogP contribution in [0, 0.1) is 5.41 Å². The molecule has 1 saturated carbocycles. The van der Waals surface area contributed by atoms with Crippen LogP contribution in [0.15, 0.2) is 54.9 Å². The number of amides is 2. The highest BCUT2D eigenvalue weighted by Crippen LogP contribution is 2.31. The van der Waals surface area contributed by atoms with Gasteiger partial charge in [-0.3, -0.25) is 19.4 Å². The molecule has 0 radical (unpaired) electrons. The Balaban J connectivity index is 1.94. The number of carboxylic acid groups (broad SMARTS) is 1. The van der Waals surface area contributed by atoms with Gasteiger partial charge in [-0.05, 0) is 62.0 Å². The first-order chi connectivity index (χ1) is 21.5. The quantitative estimate of drug-likeness (QED) is 0.177. The summed E-state index contributed by atoms with van der Waals surface area (Å²) in [5.74, 6) is -2.13. The van der Waals surface area contributed by atoms with Crippen molar-refractivity contribution >= 4 is 28.0 Å². The van der Waals surface area contributed by atoms with Crippen LogP contribution in [-0.2, 0) is 37.6 Å². The average molecular weight is 661 g/mol. The van der Waals surface area contributed by atoms with Gasteiger partial charge in [0.1, 0.15) is 11.6 Å². The lowest BCUT2D eigenvalue weighted by Gasteiger charge is -2.35. The molecule has 0 unspecified atom stereocenters. The Bertz CT molecular complexity index is 1410. The summed E-state index contributed by atoms with van der Waals surface area (Å²) in [6.07, 6.45) is 3.17. The number of aromatic nitrogens is 1. The van der Waals surface area contributed by atoms with Gasteiger partial charge in [-0.1, -0.05) is 63.9 Å². The van der Waals surface area contributed by atoms with E-state index in [4.69, 9.17) is 0 Å². The first kappa shape index (κ1) is 37.0. The Morgan fingerprint density at radius 1 is 0.978 bits per heavy atom. The standard InChI is InChI=1S/C32H48N6O7S/c1-31(2,3)28(35-27(40)22-37(4)5)29(41)34-25(19-23-11-7-6-8-12-23)26(39)21-38(20-24-13-17-33-18-14-24)46(44,45)36-32(30(42)43)15-9-10-16-32/h6-8,11-14,17-18,25-26,28,36,39H,9-10,15-16,19-22H2,1-5H3,(H,34,41)(H,35,40)(H,42,43)/t25-,26+,28+/m0/s1. The molecule has 14 heteroatoms. The van der Waals surface area contributed by atoms with E-state index in [1.165, 1.54) is 12.4 Å². The Labute approximate surface area is 272 Å². The number of aliphatic hydroxyl groups excluding tert-OH is 1. The number of carbonyl (C=O) groups excluding carboxylic acids is 2. The van der Waals surface area contributed by atoms with Crippen molar-refractivity contribution in [3.63, 3.8) is 0 Å². The number of hydrogen-bond acceptors (Lipinski definition) is 8. The molecule has 0 saturated heterocycles. The molecule has 0 bridgehead atoms. The van der Waals surface area contributed by atoms with Crippen LogP contribution in [0.2, 0.25) is 0 Å². The van der Waals surface area contributed by atoms with E-state index in [2.05, 4.69) is 20.3 Å². The molecule has 3 atom stereocenters. The second kappa shape index (κ2) is 15.9. The number of aliphatic hydroxyl groups is 1. The lowest BCUT2D eigenvalue weighted by atomic mass is 9.85. The molecule has 1 aromatic heterocycles. The zero-order valence-corrected chi connectivity index (χ0v) is 28.1. The Morgan fingerprint density at radius 2 is 1.59 bits per heavy atom. The predicted octanol–water partition coefficient (Wildman–Crippen LogP) is 1.30. The van der Waals surface area contributed by atoms with Gasteiger partial charge in [-0.15, -0.1) is 0 Å². The molecule has 1 heterocycles. The lowest BCUT2D eigenvalue weighted by molar-refractivity contribution is -0.143. The zero-order chi connectivity index (χ0) is 34.1. The molecular weight excluding hydrogens is 612 g/mol. The fourth-order valence-electron chi connectivity index (χ4n) is 5.51. The fourth-order valence-corrected chi connectivity index (χ4v) is 7.09. The van der Waals surface area contributed by atoms with Crippen molar-refractivity contribution in [1.82, 2.24) is 29.5 Å². The van der Waals surface area contributed by atoms with E-state index in [-0.39, 0.29) is 38.3 Å². The Morgan fingerprint density at radius 3 is 2.13 bits per heavy atom. The Kier molecular flexibility index (Phi) is 12.8. The van der Waals surface area contributed by atoms with Crippen LogP contribution in [0.25, 0.3) is 0 Å². The average Bonchev–Trinajstić information content (AvgIpc) is 3.44. The minimum atomic E-state index is -4.46. The van der Waals surface area contributed by atoms with Crippen molar-refractivity contribution in [2.24, 2.45) is 5.41 Å². The van der Waals surface area contributed by atoms with E-state index < -0.39 is 57.8 Å². The minimum Gasteiger partial charge on any atom is -0.480 e. The first-order valence-corrected chi connectivity index (χ1v) is 16.8. The van der Waals surface area contributed by atoms with Gasteiger partial charge < -0.3 is 25.7 Å². The molecule has 1 aliphatic carbocycles. The first-order valence-electron chi connectivity index (χ1n) is 15.4. The number of pyridine rings is 1. The maximum atomic E-state index is 13.9. The predicted molar refractivity (Wildman–Crippen MR) is 174 cm³/mol. The van der Waals surface area contributed by atoms with Crippen LogP contribution < -0.4 is 15.4 Å². The second-order valence-corrected chi connectivity index (χ2v) is 15.0. The minimum absolute atomic E-state index is 0.0720. The highest BCUT2D eigenvalue weighted by atomic mass is 32.2. The monoisotopic (exact) mass is 660 g/mol. The number of carbonyl (C=O) groups is 3. The Hall–Kier alpha value is -3.43. The molecular formula is C32H48N6O7S. The van der Waals surface area contributed by atoms with E-state index >= 15 is 0 Å².